The molecule has 148 valence electrons. The van der Waals surface area contributed by atoms with Gasteiger partial charge < -0.3 is 9.64 Å². The SMILES string of the molecule is O=C(c1ccc(S(=O)(=O)N2CCOCC2)cc1)N1CCCSc2ccccc21. The van der Waals surface area contributed by atoms with Crippen LogP contribution in [0.3, 0.4) is 0 Å². The van der Waals surface area contributed by atoms with Crippen LogP contribution in [-0.4, -0.2) is 57.2 Å². The number of sulfonamides is 1. The molecule has 0 radical (unpaired) electrons. The summed E-state index contributed by atoms with van der Waals surface area (Å²) in [5.74, 6) is 0.864. The van der Waals surface area contributed by atoms with E-state index < -0.39 is 10.0 Å². The van der Waals surface area contributed by atoms with Crippen LogP contribution in [0.4, 0.5) is 5.69 Å². The van der Waals surface area contributed by atoms with Gasteiger partial charge in [-0.3, -0.25) is 4.79 Å². The van der Waals surface area contributed by atoms with Crippen molar-refractivity contribution in [1.29, 1.82) is 0 Å². The quantitative estimate of drug-likeness (QED) is 0.767. The zero-order valence-electron chi connectivity index (χ0n) is 15.4. The number of anilines is 1. The summed E-state index contributed by atoms with van der Waals surface area (Å²) in [4.78, 5) is 16.2. The Labute approximate surface area is 169 Å². The van der Waals surface area contributed by atoms with E-state index in [1.165, 1.54) is 16.4 Å². The predicted molar refractivity (Wildman–Crippen MR) is 109 cm³/mol. The van der Waals surface area contributed by atoms with Crippen molar-refractivity contribution in [2.75, 3.05) is 43.5 Å². The van der Waals surface area contributed by atoms with Crippen molar-refractivity contribution in [3.63, 3.8) is 0 Å². The molecule has 6 nitrogen and oxygen atoms in total. The van der Waals surface area contributed by atoms with Crippen molar-refractivity contribution in [3.05, 3.63) is 54.1 Å². The molecule has 2 aromatic rings. The third-order valence-electron chi connectivity index (χ3n) is 4.89. The van der Waals surface area contributed by atoms with Gasteiger partial charge >= 0.3 is 0 Å². The van der Waals surface area contributed by atoms with Gasteiger partial charge in [-0.05, 0) is 48.6 Å². The number of hydrogen-bond acceptors (Lipinski definition) is 5. The zero-order chi connectivity index (χ0) is 19.6. The number of hydrogen-bond donors (Lipinski definition) is 0. The Balaban J connectivity index is 1.58. The van der Waals surface area contributed by atoms with E-state index in [0.29, 0.717) is 38.4 Å². The summed E-state index contributed by atoms with van der Waals surface area (Å²) in [6, 6.07) is 14.2. The van der Waals surface area contributed by atoms with Crippen LogP contribution in [0.25, 0.3) is 0 Å². The van der Waals surface area contributed by atoms with Gasteiger partial charge in [0.15, 0.2) is 0 Å². The van der Waals surface area contributed by atoms with Gasteiger partial charge in [-0.1, -0.05) is 12.1 Å². The van der Waals surface area contributed by atoms with Gasteiger partial charge in [0.1, 0.15) is 0 Å². The molecule has 2 aliphatic rings. The highest BCUT2D eigenvalue weighted by Crippen LogP contribution is 2.34. The van der Waals surface area contributed by atoms with Crippen molar-refractivity contribution >= 4 is 33.4 Å². The van der Waals surface area contributed by atoms with Crippen molar-refractivity contribution in [2.24, 2.45) is 0 Å². The first-order valence-corrected chi connectivity index (χ1v) is 11.7. The third-order valence-corrected chi connectivity index (χ3v) is 7.96. The summed E-state index contributed by atoms with van der Waals surface area (Å²) in [5.41, 5.74) is 1.41. The lowest BCUT2D eigenvalue weighted by atomic mass is 10.1. The molecule has 0 spiro atoms. The molecule has 0 atom stereocenters. The molecule has 0 aliphatic carbocycles. The lowest BCUT2D eigenvalue weighted by Crippen LogP contribution is -2.40. The monoisotopic (exact) mass is 418 g/mol. The molecule has 2 heterocycles. The maximum Gasteiger partial charge on any atom is 0.258 e. The number of carbonyl (C=O) groups is 1. The van der Waals surface area contributed by atoms with Crippen LogP contribution in [-0.2, 0) is 14.8 Å². The second-order valence-corrected chi connectivity index (χ2v) is 9.74. The fourth-order valence-electron chi connectivity index (χ4n) is 3.40. The van der Waals surface area contributed by atoms with Crippen LogP contribution in [0.5, 0.6) is 0 Å². The minimum atomic E-state index is -3.56. The number of fused-ring (bicyclic) bond motifs is 1. The Morgan fingerprint density at radius 2 is 1.68 bits per heavy atom. The van der Waals surface area contributed by atoms with Crippen LogP contribution in [0, 0.1) is 0 Å². The molecule has 2 aliphatic heterocycles. The Bertz CT molecular complexity index is 954. The summed E-state index contributed by atoms with van der Waals surface area (Å²) in [7, 11) is -3.56. The first-order chi connectivity index (χ1) is 13.6. The number of ether oxygens (including phenoxy) is 1. The largest absolute Gasteiger partial charge is 0.379 e. The van der Waals surface area contributed by atoms with Crippen molar-refractivity contribution in [3.8, 4) is 0 Å². The molecule has 0 N–H and O–H groups in total. The average Bonchev–Trinajstić information content (AvgIpc) is 2.96. The highest BCUT2D eigenvalue weighted by molar-refractivity contribution is 7.99. The molecule has 0 unspecified atom stereocenters. The molecule has 1 amide bonds. The van der Waals surface area contributed by atoms with Crippen LogP contribution in [0.15, 0.2) is 58.3 Å². The Morgan fingerprint density at radius 1 is 0.964 bits per heavy atom. The number of morpholine rings is 1. The van der Waals surface area contributed by atoms with Gasteiger partial charge in [-0.15, -0.1) is 11.8 Å². The van der Waals surface area contributed by atoms with E-state index in [-0.39, 0.29) is 10.8 Å². The second-order valence-electron chi connectivity index (χ2n) is 6.67. The van der Waals surface area contributed by atoms with E-state index in [4.69, 9.17) is 4.74 Å². The smallest absolute Gasteiger partial charge is 0.258 e. The topological polar surface area (TPSA) is 66.9 Å². The van der Waals surface area contributed by atoms with E-state index in [2.05, 4.69) is 0 Å². The van der Waals surface area contributed by atoms with Crippen LogP contribution in [0.1, 0.15) is 16.8 Å². The van der Waals surface area contributed by atoms with E-state index in [9.17, 15) is 13.2 Å². The lowest BCUT2D eigenvalue weighted by Gasteiger charge is -2.26. The van der Waals surface area contributed by atoms with Gasteiger partial charge in [-0.2, -0.15) is 4.31 Å². The second kappa shape index (κ2) is 8.24. The van der Waals surface area contributed by atoms with Gasteiger partial charge in [-0.25, -0.2) is 8.42 Å². The standard InChI is InChI=1S/C20H22N2O4S2/c23-20(22-10-3-15-27-19-5-2-1-4-18(19)22)16-6-8-17(9-7-16)28(24,25)21-11-13-26-14-12-21/h1-2,4-9H,3,10-15H2. The third kappa shape index (κ3) is 3.82. The number of nitrogens with zero attached hydrogens (tertiary/aromatic N) is 2. The Kier molecular flexibility index (Phi) is 5.73. The van der Waals surface area contributed by atoms with Crippen molar-refractivity contribution < 1.29 is 17.9 Å². The van der Waals surface area contributed by atoms with Crippen LogP contribution in [0.2, 0.25) is 0 Å². The molecule has 4 rings (SSSR count). The van der Waals surface area contributed by atoms with E-state index >= 15 is 0 Å². The summed E-state index contributed by atoms with van der Waals surface area (Å²) in [6.45, 7) is 2.16. The highest BCUT2D eigenvalue weighted by atomic mass is 32.2. The van der Waals surface area contributed by atoms with Gasteiger partial charge in [0, 0.05) is 30.1 Å². The van der Waals surface area contributed by atoms with E-state index in [1.54, 1.807) is 28.8 Å². The number of rotatable bonds is 3. The number of carbonyl (C=O) groups excluding carboxylic acids is 1. The molecule has 1 saturated heterocycles. The number of para-hydroxylation sites is 1. The fourth-order valence-corrected chi connectivity index (χ4v) is 5.80. The summed E-state index contributed by atoms with van der Waals surface area (Å²) in [5, 5.41) is 0. The summed E-state index contributed by atoms with van der Waals surface area (Å²) in [6.07, 6.45) is 0.911. The maximum absolute atomic E-state index is 13.1. The molecule has 2 aromatic carbocycles. The summed E-state index contributed by atoms with van der Waals surface area (Å²) >= 11 is 1.76. The molecule has 0 aromatic heterocycles. The number of amides is 1. The van der Waals surface area contributed by atoms with Gasteiger partial charge in [0.05, 0.1) is 23.8 Å². The first-order valence-electron chi connectivity index (χ1n) is 9.29. The maximum atomic E-state index is 13.1. The fraction of sp³-hybridized carbons (Fsp3) is 0.350. The normalized spacial score (nSPS) is 18.4. The van der Waals surface area contributed by atoms with Gasteiger partial charge in [0.25, 0.3) is 5.91 Å². The molecule has 1 fully saturated rings. The zero-order valence-corrected chi connectivity index (χ0v) is 17.0. The Morgan fingerprint density at radius 3 is 2.43 bits per heavy atom. The Hall–Kier alpha value is -1.87. The number of thioether (sulfide) groups is 1. The van der Waals surface area contributed by atoms with E-state index in [1.807, 2.05) is 24.3 Å². The van der Waals surface area contributed by atoms with Crippen molar-refractivity contribution in [2.45, 2.75) is 16.2 Å². The summed E-state index contributed by atoms with van der Waals surface area (Å²) < 4.78 is 32.2. The van der Waals surface area contributed by atoms with E-state index in [0.717, 1.165) is 22.8 Å². The molecule has 0 saturated carbocycles. The lowest BCUT2D eigenvalue weighted by molar-refractivity contribution is 0.0730. The van der Waals surface area contributed by atoms with Crippen molar-refractivity contribution in [1.82, 2.24) is 4.31 Å². The molecule has 8 heteroatoms. The minimum Gasteiger partial charge on any atom is -0.379 e. The van der Waals surface area contributed by atoms with Gasteiger partial charge in [0.2, 0.25) is 10.0 Å². The molecule has 28 heavy (non-hydrogen) atoms. The first kappa shape index (κ1) is 19.4. The van der Waals surface area contributed by atoms with Crippen LogP contribution >= 0.6 is 11.8 Å². The van der Waals surface area contributed by atoms with Crippen LogP contribution < -0.4 is 4.90 Å². The molecule has 0 bridgehead atoms. The number of benzene rings is 2. The predicted octanol–water partition coefficient (Wildman–Crippen LogP) is 2.85. The highest BCUT2D eigenvalue weighted by Gasteiger charge is 2.27. The molecular weight excluding hydrogens is 396 g/mol. The average molecular weight is 419 g/mol. The minimum absolute atomic E-state index is 0.106. The molecular formula is C20H22N2O4S2.